The lowest BCUT2D eigenvalue weighted by Crippen LogP contribution is -2.51. The van der Waals surface area contributed by atoms with E-state index in [-0.39, 0.29) is 17.6 Å². The molecule has 0 saturated carbocycles. The van der Waals surface area contributed by atoms with Crippen LogP contribution in [0.3, 0.4) is 0 Å². The number of sulfonamides is 1. The van der Waals surface area contributed by atoms with Crippen LogP contribution in [-0.4, -0.2) is 32.2 Å². The number of nitrogens with one attached hydrogen (secondary N) is 1. The molecule has 1 N–H and O–H groups in total. The van der Waals surface area contributed by atoms with Gasteiger partial charge in [-0.15, -0.1) is 0 Å². The van der Waals surface area contributed by atoms with Gasteiger partial charge >= 0.3 is 0 Å². The van der Waals surface area contributed by atoms with Crippen molar-refractivity contribution in [1.29, 1.82) is 0 Å². The number of rotatable bonds is 7. The standard InChI is InChI=1S/C23H30N2O4S/c1-5-23(6-2)16-20(19-14-10-11-15-21(19)29-23)24-22(26)17(3)25(30(4,27)28)18-12-8-7-9-13-18/h7-15,17,20H,5-6,16H2,1-4H3,(H,24,26)/t17-,20+/m1/s1. The molecule has 0 aromatic heterocycles. The molecule has 0 saturated heterocycles. The van der Waals surface area contributed by atoms with Gasteiger partial charge in [-0.3, -0.25) is 9.10 Å². The average molecular weight is 431 g/mol. The third-order valence-electron chi connectivity index (χ3n) is 5.90. The van der Waals surface area contributed by atoms with Crippen LogP contribution in [0.15, 0.2) is 54.6 Å². The van der Waals surface area contributed by atoms with E-state index in [1.165, 1.54) is 4.31 Å². The number of para-hydroxylation sites is 2. The van der Waals surface area contributed by atoms with Crippen molar-refractivity contribution in [3.8, 4) is 5.75 Å². The second kappa shape index (κ2) is 8.68. The first-order valence-electron chi connectivity index (χ1n) is 10.3. The van der Waals surface area contributed by atoms with Gasteiger partial charge in [0.05, 0.1) is 18.0 Å². The molecule has 0 fully saturated rings. The second-order valence-corrected chi connectivity index (χ2v) is 9.73. The molecule has 1 aliphatic rings. The van der Waals surface area contributed by atoms with Crippen LogP contribution >= 0.6 is 0 Å². The maximum Gasteiger partial charge on any atom is 0.244 e. The summed E-state index contributed by atoms with van der Waals surface area (Å²) in [4.78, 5) is 13.2. The van der Waals surface area contributed by atoms with Crippen LogP contribution in [0.1, 0.15) is 51.6 Å². The third-order valence-corrected chi connectivity index (χ3v) is 7.14. The Labute approximate surface area is 179 Å². The molecule has 0 aliphatic carbocycles. The summed E-state index contributed by atoms with van der Waals surface area (Å²) >= 11 is 0. The predicted octanol–water partition coefficient (Wildman–Crippen LogP) is 4.04. The number of amides is 1. The first kappa shape index (κ1) is 22.2. The number of nitrogens with zero attached hydrogens (tertiary/aromatic N) is 1. The summed E-state index contributed by atoms with van der Waals surface area (Å²) in [6, 6.07) is 15.3. The smallest absolute Gasteiger partial charge is 0.244 e. The summed E-state index contributed by atoms with van der Waals surface area (Å²) in [7, 11) is -3.65. The lowest BCUT2D eigenvalue weighted by atomic mass is 9.83. The van der Waals surface area contributed by atoms with E-state index in [1.54, 1.807) is 31.2 Å². The molecule has 0 spiro atoms. The number of carbonyl (C=O) groups is 1. The molecule has 3 rings (SSSR count). The van der Waals surface area contributed by atoms with E-state index in [4.69, 9.17) is 4.74 Å². The van der Waals surface area contributed by atoms with Crippen molar-refractivity contribution < 1.29 is 17.9 Å². The molecule has 1 amide bonds. The van der Waals surface area contributed by atoms with Gasteiger partial charge in [-0.05, 0) is 38.0 Å². The highest BCUT2D eigenvalue weighted by Crippen LogP contribution is 2.42. The number of fused-ring (bicyclic) bond motifs is 1. The molecule has 2 aromatic rings. The van der Waals surface area contributed by atoms with E-state index in [1.807, 2.05) is 30.3 Å². The summed E-state index contributed by atoms with van der Waals surface area (Å²) in [5.74, 6) is 0.431. The Morgan fingerprint density at radius 1 is 1.13 bits per heavy atom. The van der Waals surface area contributed by atoms with E-state index >= 15 is 0 Å². The van der Waals surface area contributed by atoms with Gasteiger partial charge in [0.1, 0.15) is 17.4 Å². The van der Waals surface area contributed by atoms with Crippen molar-refractivity contribution in [3.05, 3.63) is 60.2 Å². The molecule has 6 nitrogen and oxygen atoms in total. The van der Waals surface area contributed by atoms with Gasteiger partial charge in [0.15, 0.2) is 0 Å². The zero-order valence-electron chi connectivity index (χ0n) is 18.0. The van der Waals surface area contributed by atoms with Gasteiger partial charge < -0.3 is 10.1 Å². The van der Waals surface area contributed by atoms with E-state index in [0.717, 1.165) is 30.4 Å². The number of carbonyl (C=O) groups excluding carboxylic acids is 1. The SMILES string of the molecule is CCC1(CC)C[C@H](NC(=O)[C@@H](C)N(c2ccccc2)S(C)(=O)=O)c2ccccc2O1. The van der Waals surface area contributed by atoms with Crippen LogP contribution < -0.4 is 14.4 Å². The lowest BCUT2D eigenvalue weighted by molar-refractivity contribution is -0.123. The quantitative estimate of drug-likeness (QED) is 0.719. The fraction of sp³-hybridized carbons (Fsp3) is 0.435. The van der Waals surface area contributed by atoms with Gasteiger partial charge in [0.2, 0.25) is 15.9 Å². The highest BCUT2D eigenvalue weighted by Gasteiger charge is 2.40. The van der Waals surface area contributed by atoms with Crippen LogP contribution in [0.5, 0.6) is 5.75 Å². The van der Waals surface area contributed by atoms with Gasteiger partial charge in [0.25, 0.3) is 0 Å². The number of ether oxygens (including phenoxy) is 1. The van der Waals surface area contributed by atoms with Crippen LogP contribution in [0.4, 0.5) is 5.69 Å². The molecule has 0 bridgehead atoms. The highest BCUT2D eigenvalue weighted by atomic mass is 32.2. The first-order chi connectivity index (χ1) is 14.2. The third kappa shape index (κ3) is 4.46. The summed E-state index contributed by atoms with van der Waals surface area (Å²) < 4.78 is 32.5. The molecule has 162 valence electrons. The highest BCUT2D eigenvalue weighted by molar-refractivity contribution is 7.92. The van der Waals surface area contributed by atoms with Gasteiger partial charge in [-0.25, -0.2) is 8.42 Å². The number of anilines is 1. The molecule has 0 unspecified atom stereocenters. The lowest BCUT2D eigenvalue weighted by Gasteiger charge is -2.42. The van der Waals surface area contributed by atoms with E-state index in [0.29, 0.717) is 12.1 Å². The van der Waals surface area contributed by atoms with E-state index in [2.05, 4.69) is 19.2 Å². The first-order valence-corrected chi connectivity index (χ1v) is 12.2. The predicted molar refractivity (Wildman–Crippen MR) is 119 cm³/mol. The van der Waals surface area contributed by atoms with Crippen LogP contribution in [0.2, 0.25) is 0 Å². The van der Waals surface area contributed by atoms with Gasteiger partial charge in [-0.2, -0.15) is 0 Å². The van der Waals surface area contributed by atoms with Crippen molar-refractivity contribution in [3.63, 3.8) is 0 Å². The topological polar surface area (TPSA) is 75.7 Å². The van der Waals surface area contributed by atoms with E-state index < -0.39 is 16.1 Å². The average Bonchev–Trinajstić information content (AvgIpc) is 2.73. The van der Waals surface area contributed by atoms with E-state index in [9.17, 15) is 13.2 Å². The summed E-state index contributed by atoms with van der Waals surface area (Å²) in [5, 5.41) is 3.10. The Morgan fingerprint density at radius 3 is 2.33 bits per heavy atom. The number of hydrogen-bond donors (Lipinski definition) is 1. The number of benzene rings is 2. The molecule has 1 heterocycles. The fourth-order valence-electron chi connectivity index (χ4n) is 4.11. The van der Waals surface area contributed by atoms with Crippen LogP contribution in [0, 0.1) is 0 Å². The van der Waals surface area contributed by atoms with Crippen molar-refractivity contribution in [2.24, 2.45) is 0 Å². The summed E-state index contributed by atoms with van der Waals surface area (Å²) in [5.41, 5.74) is 1.03. The monoisotopic (exact) mass is 430 g/mol. The molecular weight excluding hydrogens is 400 g/mol. The minimum atomic E-state index is -3.65. The zero-order valence-corrected chi connectivity index (χ0v) is 18.8. The summed E-state index contributed by atoms with van der Waals surface area (Å²) in [6.07, 6.45) is 3.39. The Morgan fingerprint density at radius 2 is 1.73 bits per heavy atom. The van der Waals surface area contributed by atoms with Crippen LogP contribution in [-0.2, 0) is 14.8 Å². The molecular formula is C23H30N2O4S. The van der Waals surface area contributed by atoms with Crippen LogP contribution in [0.25, 0.3) is 0 Å². The minimum Gasteiger partial charge on any atom is -0.487 e. The van der Waals surface area contributed by atoms with Crippen molar-refractivity contribution >= 4 is 21.6 Å². The molecule has 1 aliphatic heterocycles. The van der Waals surface area contributed by atoms with Gasteiger partial charge in [-0.1, -0.05) is 50.2 Å². The Hall–Kier alpha value is -2.54. The largest absolute Gasteiger partial charge is 0.487 e. The zero-order chi connectivity index (χ0) is 21.9. The summed E-state index contributed by atoms with van der Waals surface area (Å²) in [6.45, 7) is 5.78. The van der Waals surface area contributed by atoms with Crippen molar-refractivity contribution in [1.82, 2.24) is 5.32 Å². The maximum absolute atomic E-state index is 13.2. The second-order valence-electron chi connectivity index (χ2n) is 7.87. The molecule has 7 heteroatoms. The Kier molecular flexibility index (Phi) is 6.41. The molecule has 2 atom stereocenters. The maximum atomic E-state index is 13.2. The van der Waals surface area contributed by atoms with Crippen molar-refractivity contribution in [2.75, 3.05) is 10.6 Å². The molecule has 0 radical (unpaired) electrons. The fourth-order valence-corrected chi connectivity index (χ4v) is 5.28. The Bertz CT molecular complexity index is 987. The molecule has 30 heavy (non-hydrogen) atoms. The van der Waals surface area contributed by atoms with Gasteiger partial charge in [0, 0.05) is 12.0 Å². The van der Waals surface area contributed by atoms with Crippen molar-refractivity contribution in [2.45, 2.75) is 57.7 Å². The Balaban J connectivity index is 1.90. The number of hydrogen-bond acceptors (Lipinski definition) is 4. The molecule has 2 aromatic carbocycles. The minimum absolute atomic E-state index is 0.248. The normalized spacial score (nSPS) is 18.6.